The third-order valence-electron chi connectivity index (χ3n) is 3.32. The summed E-state index contributed by atoms with van der Waals surface area (Å²) >= 11 is 0. The van der Waals surface area contributed by atoms with Crippen LogP contribution in [0.2, 0.25) is 0 Å². The number of aryl methyl sites for hydroxylation is 3. The summed E-state index contributed by atoms with van der Waals surface area (Å²) in [5.41, 5.74) is 2.72. The summed E-state index contributed by atoms with van der Waals surface area (Å²) < 4.78 is 2.08. The van der Waals surface area contributed by atoms with Crippen LogP contribution < -0.4 is 5.32 Å². The first-order valence-electron chi connectivity index (χ1n) is 6.40. The van der Waals surface area contributed by atoms with Gasteiger partial charge in [-0.1, -0.05) is 29.8 Å². The fourth-order valence-corrected chi connectivity index (χ4v) is 2.29. The van der Waals surface area contributed by atoms with Gasteiger partial charge in [0.2, 0.25) is 0 Å². The topological polar surface area (TPSA) is 29.9 Å². The van der Waals surface area contributed by atoms with Crippen molar-refractivity contribution in [2.45, 2.75) is 25.8 Å². The van der Waals surface area contributed by atoms with Crippen LogP contribution in [0.25, 0.3) is 0 Å². The molecule has 0 radical (unpaired) electrons. The first-order valence-corrected chi connectivity index (χ1v) is 6.40. The highest BCUT2D eigenvalue weighted by Crippen LogP contribution is 2.17. The Bertz CT molecular complexity index is 502. The van der Waals surface area contributed by atoms with Gasteiger partial charge in [-0.25, -0.2) is 4.98 Å². The molecule has 0 bridgehead atoms. The molecule has 2 rings (SSSR count). The SMILES string of the molecule is CNC(CCc1cccc(C)c1)c1nccn1C. The number of nitrogens with zero attached hydrogens (tertiary/aromatic N) is 2. The van der Waals surface area contributed by atoms with E-state index in [1.54, 1.807) is 0 Å². The lowest BCUT2D eigenvalue weighted by molar-refractivity contribution is 0.505. The van der Waals surface area contributed by atoms with Gasteiger partial charge in [-0.05, 0) is 32.4 Å². The molecule has 1 aromatic carbocycles. The van der Waals surface area contributed by atoms with E-state index in [0.717, 1.165) is 18.7 Å². The van der Waals surface area contributed by atoms with Crippen molar-refractivity contribution >= 4 is 0 Å². The van der Waals surface area contributed by atoms with Gasteiger partial charge < -0.3 is 9.88 Å². The number of rotatable bonds is 5. The van der Waals surface area contributed by atoms with E-state index in [1.807, 2.05) is 26.5 Å². The molecule has 0 amide bonds. The molecule has 2 aromatic rings. The second-order valence-corrected chi connectivity index (χ2v) is 4.77. The number of nitrogens with one attached hydrogen (secondary N) is 1. The van der Waals surface area contributed by atoms with Gasteiger partial charge in [-0.3, -0.25) is 0 Å². The smallest absolute Gasteiger partial charge is 0.125 e. The molecule has 0 fully saturated rings. The summed E-state index contributed by atoms with van der Waals surface area (Å²) in [5, 5.41) is 3.35. The maximum absolute atomic E-state index is 4.42. The summed E-state index contributed by atoms with van der Waals surface area (Å²) in [6, 6.07) is 9.02. The maximum Gasteiger partial charge on any atom is 0.125 e. The Hall–Kier alpha value is -1.61. The lowest BCUT2D eigenvalue weighted by Gasteiger charge is -2.16. The normalized spacial score (nSPS) is 12.6. The van der Waals surface area contributed by atoms with Gasteiger partial charge in [0.05, 0.1) is 6.04 Å². The predicted molar refractivity (Wildman–Crippen MR) is 74.5 cm³/mol. The highest BCUT2D eigenvalue weighted by molar-refractivity contribution is 5.22. The van der Waals surface area contributed by atoms with Crippen molar-refractivity contribution in [3.8, 4) is 0 Å². The van der Waals surface area contributed by atoms with E-state index >= 15 is 0 Å². The third-order valence-corrected chi connectivity index (χ3v) is 3.32. The van der Waals surface area contributed by atoms with Crippen LogP contribution in [0, 0.1) is 6.92 Å². The van der Waals surface area contributed by atoms with Crippen molar-refractivity contribution < 1.29 is 0 Å². The summed E-state index contributed by atoms with van der Waals surface area (Å²) in [6.07, 6.45) is 5.98. The second-order valence-electron chi connectivity index (χ2n) is 4.77. The lowest BCUT2D eigenvalue weighted by atomic mass is 10.0. The molecule has 1 N–H and O–H groups in total. The van der Waals surface area contributed by atoms with E-state index in [0.29, 0.717) is 6.04 Å². The first kappa shape index (κ1) is 12.8. The molecule has 0 aliphatic heterocycles. The van der Waals surface area contributed by atoms with Crippen LogP contribution in [-0.4, -0.2) is 16.6 Å². The lowest BCUT2D eigenvalue weighted by Crippen LogP contribution is -2.20. The monoisotopic (exact) mass is 243 g/mol. The van der Waals surface area contributed by atoms with Crippen molar-refractivity contribution in [2.24, 2.45) is 7.05 Å². The standard InChI is InChI=1S/C15H21N3/c1-12-5-4-6-13(11-12)7-8-14(16-2)15-17-9-10-18(15)3/h4-6,9-11,14,16H,7-8H2,1-3H3. The van der Waals surface area contributed by atoms with E-state index < -0.39 is 0 Å². The summed E-state index contributed by atoms with van der Waals surface area (Å²) in [5.74, 6) is 1.10. The van der Waals surface area contributed by atoms with Gasteiger partial charge in [0.25, 0.3) is 0 Å². The molecule has 0 saturated heterocycles. The molecular weight excluding hydrogens is 222 g/mol. The minimum Gasteiger partial charge on any atom is -0.337 e. The summed E-state index contributed by atoms with van der Waals surface area (Å²) in [4.78, 5) is 4.42. The Morgan fingerprint density at radius 2 is 2.22 bits per heavy atom. The van der Waals surface area contributed by atoms with E-state index in [-0.39, 0.29) is 0 Å². The quantitative estimate of drug-likeness (QED) is 0.875. The Morgan fingerprint density at radius 1 is 1.39 bits per heavy atom. The molecule has 1 unspecified atom stereocenters. The average molecular weight is 243 g/mol. The van der Waals surface area contributed by atoms with Gasteiger partial charge in [0.15, 0.2) is 0 Å². The van der Waals surface area contributed by atoms with Gasteiger partial charge >= 0.3 is 0 Å². The Kier molecular flexibility index (Phi) is 4.15. The summed E-state index contributed by atoms with van der Waals surface area (Å²) in [6.45, 7) is 2.14. The van der Waals surface area contributed by atoms with Crippen LogP contribution in [0.4, 0.5) is 0 Å². The van der Waals surface area contributed by atoms with E-state index in [4.69, 9.17) is 0 Å². The number of aromatic nitrogens is 2. The maximum atomic E-state index is 4.42. The van der Waals surface area contributed by atoms with E-state index in [1.165, 1.54) is 11.1 Å². The predicted octanol–water partition coefficient (Wildman–Crippen LogP) is 2.62. The van der Waals surface area contributed by atoms with Crippen molar-refractivity contribution in [3.63, 3.8) is 0 Å². The zero-order chi connectivity index (χ0) is 13.0. The highest BCUT2D eigenvalue weighted by atomic mass is 15.1. The minimum atomic E-state index is 0.311. The Balaban J connectivity index is 2.02. The summed E-state index contributed by atoms with van der Waals surface area (Å²) in [7, 11) is 4.04. The van der Waals surface area contributed by atoms with E-state index in [9.17, 15) is 0 Å². The van der Waals surface area contributed by atoms with Crippen LogP contribution in [0.15, 0.2) is 36.7 Å². The number of benzene rings is 1. The third kappa shape index (κ3) is 2.99. The van der Waals surface area contributed by atoms with Crippen LogP contribution >= 0.6 is 0 Å². The fraction of sp³-hybridized carbons (Fsp3) is 0.400. The van der Waals surface area contributed by atoms with Crippen molar-refractivity contribution in [3.05, 3.63) is 53.6 Å². The van der Waals surface area contributed by atoms with Gasteiger partial charge in [0.1, 0.15) is 5.82 Å². The zero-order valence-corrected chi connectivity index (χ0v) is 11.4. The van der Waals surface area contributed by atoms with Gasteiger partial charge in [-0.2, -0.15) is 0 Å². The molecule has 0 spiro atoms. The molecule has 96 valence electrons. The van der Waals surface area contributed by atoms with Crippen molar-refractivity contribution in [1.82, 2.24) is 14.9 Å². The van der Waals surface area contributed by atoms with Crippen LogP contribution in [-0.2, 0) is 13.5 Å². The van der Waals surface area contributed by atoms with Crippen LogP contribution in [0.3, 0.4) is 0 Å². The molecule has 1 heterocycles. The molecule has 18 heavy (non-hydrogen) atoms. The minimum absolute atomic E-state index is 0.311. The molecule has 3 heteroatoms. The number of imidazole rings is 1. The number of hydrogen-bond acceptors (Lipinski definition) is 2. The van der Waals surface area contributed by atoms with Crippen LogP contribution in [0.1, 0.15) is 29.4 Å². The second kappa shape index (κ2) is 5.83. The molecule has 0 saturated carbocycles. The number of hydrogen-bond donors (Lipinski definition) is 1. The fourth-order valence-electron chi connectivity index (χ4n) is 2.29. The van der Waals surface area contributed by atoms with Crippen molar-refractivity contribution in [1.29, 1.82) is 0 Å². The zero-order valence-electron chi connectivity index (χ0n) is 11.4. The molecule has 0 aliphatic rings. The van der Waals surface area contributed by atoms with Gasteiger partial charge in [0, 0.05) is 19.4 Å². The first-order chi connectivity index (χ1) is 8.70. The highest BCUT2D eigenvalue weighted by Gasteiger charge is 2.13. The average Bonchev–Trinajstić information content (AvgIpc) is 2.77. The van der Waals surface area contributed by atoms with Gasteiger partial charge in [-0.15, -0.1) is 0 Å². The molecule has 1 atom stereocenters. The van der Waals surface area contributed by atoms with Crippen molar-refractivity contribution in [2.75, 3.05) is 7.05 Å². The molecular formula is C15H21N3. The van der Waals surface area contributed by atoms with E-state index in [2.05, 4.69) is 46.1 Å². The molecule has 0 aliphatic carbocycles. The van der Waals surface area contributed by atoms with Crippen LogP contribution in [0.5, 0.6) is 0 Å². The Labute approximate surface area is 109 Å². The Morgan fingerprint density at radius 3 is 2.83 bits per heavy atom. The molecule has 3 nitrogen and oxygen atoms in total. The molecule has 1 aromatic heterocycles. The largest absolute Gasteiger partial charge is 0.337 e.